The van der Waals surface area contributed by atoms with Crippen LogP contribution in [0.4, 0.5) is 5.69 Å². The molecule has 4 aromatic rings. The Balaban J connectivity index is 1.24. The summed E-state index contributed by atoms with van der Waals surface area (Å²) in [5.74, 6) is 0.770. The third-order valence-electron chi connectivity index (χ3n) is 5.15. The number of aromatic nitrogens is 4. The highest BCUT2D eigenvalue weighted by atomic mass is 35.5. The zero-order valence-corrected chi connectivity index (χ0v) is 19.0. The predicted octanol–water partition coefficient (Wildman–Crippen LogP) is 4.80. The number of carbonyl (C=O) groups excluding carboxylic acids is 1. The van der Waals surface area contributed by atoms with Crippen molar-refractivity contribution in [3.8, 4) is 5.75 Å². The first-order valence-electron chi connectivity index (χ1n) is 10.6. The molecule has 0 aliphatic rings. The second-order valence-corrected chi connectivity index (χ2v) is 7.96. The Morgan fingerprint density at radius 1 is 1.12 bits per heavy atom. The first-order valence-corrected chi connectivity index (χ1v) is 11.0. The van der Waals surface area contributed by atoms with Gasteiger partial charge in [-0.1, -0.05) is 28.9 Å². The quantitative estimate of drug-likeness (QED) is 0.313. The van der Waals surface area contributed by atoms with Crippen molar-refractivity contribution in [3.05, 3.63) is 89.4 Å². The van der Waals surface area contributed by atoms with Gasteiger partial charge in [0, 0.05) is 30.5 Å². The van der Waals surface area contributed by atoms with Crippen molar-refractivity contribution in [2.45, 2.75) is 32.4 Å². The number of benzene rings is 2. The van der Waals surface area contributed by atoms with Crippen LogP contribution in [0.15, 0.2) is 71.6 Å². The molecule has 0 aliphatic heterocycles. The van der Waals surface area contributed by atoms with E-state index in [0.717, 1.165) is 25.8 Å². The highest BCUT2D eigenvalue weighted by Crippen LogP contribution is 2.19. The van der Waals surface area contributed by atoms with Gasteiger partial charge in [0.15, 0.2) is 12.3 Å². The maximum atomic E-state index is 12.7. The normalized spacial score (nSPS) is 10.8. The van der Waals surface area contributed by atoms with Crippen molar-refractivity contribution in [2.24, 2.45) is 0 Å². The molecule has 0 aliphatic carbocycles. The van der Waals surface area contributed by atoms with Crippen LogP contribution in [0.1, 0.15) is 34.8 Å². The molecule has 0 unspecified atom stereocenters. The van der Waals surface area contributed by atoms with E-state index in [2.05, 4.69) is 27.4 Å². The van der Waals surface area contributed by atoms with E-state index in [9.17, 15) is 4.79 Å². The van der Waals surface area contributed by atoms with Crippen molar-refractivity contribution in [1.29, 1.82) is 0 Å². The van der Waals surface area contributed by atoms with Gasteiger partial charge in [0.2, 0.25) is 5.89 Å². The Bertz CT molecular complexity index is 1160. The summed E-state index contributed by atoms with van der Waals surface area (Å²) < 4.78 is 13.0. The molecular weight excluding hydrogens is 442 g/mol. The number of halogens is 1. The van der Waals surface area contributed by atoms with Gasteiger partial charge >= 0.3 is 0 Å². The topological polar surface area (TPSA) is 86.3 Å². The monoisotopic (exact) mass is 465 g/mol. The summed E-state index contributed by atoms with van der Waals surface area (Å²) in [6.45, 7) is 1.01. The van der Waals surface area contributed by atoms with Crippen LogP contribution in [-0.2, 0) is 19.6 Å². The van der Waals surface area contributed by atoms with E-state index in [1.807, 2.05) is 23.0 Å². The minimum Gasteiger partial charge on any atom is -0.484 e. The summed E-state index contributed by atoms with van der Waals surface area (Å²) >= 11 is 5.91. The zero-order chi connectivity index (χ0) is 23.0. The first kappa shape index (κ1) is 22.5. The summed E-state index contributed by atoms with van der Waals surface area (Å²) in [6.07, 6.45) is 8.00. The van der Waals surface area contributed by atoms with E-state index in [0.29, 0.717) is 22.4 Å². The number of anilines is 1. The molecule has 0 fully saturated rings. The second-order valence-electron chi connectivity index (χ2n) is 7.52. The van der Waals surface area contributed by atoms with E-state index in [-0.39, 0.29) is 18.2 Å². The lowest BCUT2D eigenvalue weighted by Gasteiger charge is -2.15. The van der Waals surface area contributed by atoms with Crippen LogP contribution in [0.5, 0.6) is 5.75 Å². The number of ether oxygens (including phenoxy) is 1. The third kappa shape index (κ3) is 6.20. The number of unbranched alkanes of at least 4 members (excludes halogenated alkanes) is 1. The van der Waals surface area contributed by atoms with Crippen LogP contribution in [0.2, 0.25) is 5.02 Å². The van der Waals surface area contributed by atoms with E-state index >= 15 is 0 Å². The van der Waals surface area contributed by atoms with Gasteiger partial charge in [0.25, 0.3) is 5.91 Å². The van der Waals surface area contributed by atoms with E-state index in [4.69, 9.17) is 20.8 Å². The Hall–Kier alpha value is -3.65. The van der Waals surface area contributed by atoms with Crippen LogP contribution in [0, 0.1) is 0 Å². The summed E-state index contributed by atoms with van der Waals surface area (Å²) in [6, 6.07) is 15.0. The SMILES string of the molecule is CN(C(=O)c1coc(COc2ccc(CCCCn3ccnn3)cc2)n1)c1ccc(Cl)cc1. The number of rotatable bonds is 10. The number of nitrogens with zero attached hydrogens (tertiary/aromatic N) is 5. The van der Waals surface area contributed by atoms with Crippen LogP contribution in [-0.4, -0.2) is 32.9 Å². The van der Waals surface area contributed by atoms with Crippen molar-refractivity contribution in [2.75, 3.05) is 11.9 Å². The average Bonchev–Trinajstić information content (AvgIpc) is 3.53. The average molecular weight is 466 g/mol. The van der Waals surface area contributed by atoms with E-state index in [1.54, 1.807) is 37.5 Å². The smallest absolute Gasteiger partial charge is 0.279 e. The molecule has 0 atom stereocenters. The van der Waals surface area contributed by atoms with E-state index < -0.39 is 0 Å². The zero-order valence-electron chi connectivity index (χ0n) is 18.2. The van der Waals surface area contributed by atoms with Crippen LogP contribution in [0.3, 0.4) is 0 Å². The molecule has 0 bridgehead atoms. The Labute approximate surface area is 196 Å². The van der Waals surface area contributed by atoms with Gasteiger partial charge < -0.3 is 14.1 Å². The number of oxazole rings is 1. The number of amides is 1. The number of aryl methyl sites for hydroxylation is 2. The molecule has 170 valence electrons. The first-order chi connectivity index (χ1) is 16.1. The lowest BCUT2D eigenvalue weighted by atomic mass is 10.1. The fraction of sp³-hybridized carbons (Fsp3) is 0.250. The summed E-state index contributed by atoms with van der Waals surface area (Å²) in [5.41, 5.74) is 2.17. The largest absolute Gasteiger partial charge is 0.484 e. The lowest BCUT2D eigenvalue weighted by molar-refractivity contribution is 0.0988. The molecule has 2 aromatic carbocycles. The highest BCUT2D eigenvalue weighted by molar-refractivity contribution is 6.30. The van der Waals surface area contributed by atoms with Crippen molar-refractivity contribution >= 4 is 23.2 Å². The Morgan fingerprint density at radius 3 is 2.64 bits per heavy atom. The molecule has 0 spiro atoms. The molecule has 0 N–H and O–H groups in total. The number of hydrogen-bond donors (Lipinski definition) is 0. The summed E-state index contributed by atoms with van der Waals surface area (Å²) in [4.78, 5) is 18.4. The van der Waals surface area contributed by atoms with Crippen molar-refractivity contribution in [1.82, 2.24) is 20.0 Å². The second kappa shape index (κ2) is 10.8. The van der Waals surface area contributed by atoms with Crippen molar-refractivity contribution in [3.63, 3.8) is 0 Å². The number of hydrogen-bond acceptors (Lipinski definition) is 6. The van der Waals surface area contributed by atoms with Gasteiger partial charge in [-0.3, -0.25) is 9.48 Å². The highest BCUT2D eigenvalue weighted by Gasteiger charge is 2.18. The lowest BCUT2D eigenvalue weighted by Crippen LogP contribution is -2.26. The molecular formula is C24H24ClN5O3. The van der Waals surface area contributed by atoms with Crippen LogP contribution in [0.25, 0.3) is 0 Å². The van der Waals surface area contributed by atoms with Gasteiger partial charge in [-0.2, -0.15) is 0 Å². The molecule has 1 amide bonds. The van der Waals surface area contributed by atoms with Gasteiger partial charge in [-0.05, 0) is 61.2 Å². The molecule has 2 aromatic heterocycles. The third-order valence-corrected chi connectivity index (χ3v) is 5.40. The molecule has 4 rings (SSSR count). The molecule has 33 heavy (non-hydrogen) atoms. The Morgan fingerprint density at radius 2 is 1.91 bits per heavy atom. The van der Waals surface area contributed by atoms with Gasteiger partial charge in [0.05, 0.1) is 6.20 Å². The van der Waals surface area contributed by atoms with Crippen LogP contribution >= 0.6 is 11.6 Å². The number of carbonyl (C=O) groups is 1. The molecule has 0 saturated carbocycles. The van der Waals surface area contributed by atoms with Crippen molar-refractivity contribution < 1.29 is 13.9 Å². The fourth-order valence-electron chi connectivity index (χ4n) is 3.28. The molecule has 9 heteroatoms. The van der Waals surface area contributed by atoms with Gasteiger partial charge in [0.1, 0.15) is 12.0 Å². The fourth-order valence-corrected chi connectivity index (χ4v) is 3.41. The van der Waals surface area contributed by atoms with Gasteiger partial charge in [-0.25, -0.2) is 4.98 Å². The molecule has 0 radical (unpaired) electrons. The predicted molar refractivity (Wildman–Crippen MR) is 124 cm³/mol. The van der Waals surface area contributed by atoms with Gasteiger partial charge in [-0.15, -0.1) is 5.10 Å². The molecule has 0 saturated heterocycles. The minimum atomic E-state index is -0.277. The van der Waals surface area contributed by atoms with E-state index in [1.165, 1.54) is 16.7 Å². The minimum absolute atomic E-state index is 0.134. The summed E-state index contributed by atoms with van der Waals surface area (Å²) in [5, 5.41) is 8.38. The van der Waals surface area contributed by atoms with Crippen LogP contribution < -0.4 is 9.64 Å². The molecule has 2 heterocycles. The maximum absolute atomic E-state index is 12.7. The standard InChI is InChI=1S/C24H24ClN5O3/c1-29(20-9-7-19(25)8-10-20)24(31)22-16-33-23(27-22)17-32-21-11-5-18(6-12-21)4-2-3-14-30-15-13-26-28-30/h5-13,15-16H,2-4,14,17H2,1H3. The molecule has 8 nitrogen and oxygen atoms in total. The Kier molecular flexibility index (Phi) is 7.36. The summed E-state index contributed by atoms with van der Waals surface area (Å²) in [7, 11) is 1.67. The maximum Gasteiger partial charge on any atom is 0.279 e.